The monoisotopic (exact) mass is 382 g/mol. The highest BCUT2D eigenvalue weighted by atomic mass is 32.2. The van der Waals surface area contributed by atoms with Crippen LogP contribution in [0, 0.1) is 0 Å². The van der Waals surface area contributed by atoms with Crippen LogP contribution in [0.2, 0.25) is 0 Å². The Balaban J connectivity index is 1.79. The molecule has 140 valence electrons. The molecule has 2 aromatic carbocycles. The highest BCUT2D eigenvalue weighted by molar-refractivity contribution is 8.03. The molecule has 2 heterocycles. The van der Waals surface area contributed by atoms with Crippen molar-refractivity contribution in [3.05, 3.63) is 70.3 Å². The van der Waals surface area contributed by atoms with Gasteiger partial charge >= 0.3 is 0 Å². The first-order chi connectivity index (χ1) is 13.2. The van der Waals surface area contributed by atoms with E-state index >= 15 is 0 Å². The van der Waals surface area contributed by atoms with Crippen LogP contribution in [0.4, 0.5) is 0 Å². The van der Waals surface area contributed by atoms with Crippen LogP contribution in [0.1, 0.15) is 29.6 Å². The number of para-hydroxylation sites is 2. The molecule has 2 aliphatic rings. The Hall–Kier alpha value is -2.44. The predicted octanol–water partition coefficient (Wildman–Crippen LogP) is 3.55. The molecule has 1 amide bonds. The van der Waals surface area contributed by atoms with Gasteiger partial charge in [0.2, 0.25) is 5.91 Å². The molecule has 0 fully saturated rings. The molecule has 0 spiro atoms. The summed E-state index contributed by atoms with van der Waals surface area (Å²) >= 11 is 1.60. The Morgan fingerprint density at radius 1 is 0.963 bits per heavy atom. The van der Waals surface area contributed by atoms with E-state index in [1.54, 1.807) is 26.0 Å². The summed E-state index contributed by atoms with van der Waals surface area (Å²) in [5, 5.41) is 6.85. The third-order valence-corrected chi connectivity index (χ3v) is 6.15. The van der Waals surface area contributed by atoms with Crippen LogP contribution in [0.3, 0.4) is 0 Å². The first-order valence-corrected chi connectivity index (χ1v) is 9.87. The van der Waals surface area contributed by atoms with Crippen molar-refractivity contribution in [1.82, 2.24) is 10.6 Å². The molecule has 0 saturated carbocycles. The van der Waals surface area contributed by atoms with E-state index in [0.717, 1.165) is 33.2 Å². The summed E-state index contributed by atoms with van der Waals surface area (Å²) in [4.78, 5) is 13.2. The molecule has 0 aliphatic carbocycles. The smallest absolute Gasteiger partial charge is 0.234 e. The van der Waals surface area contributed by atoms with E-state index < -0.39 is 0 Å². The average Bonchev–Trinajstić information content (AvgIpc) is 2.72. The number of methoxy groups -OCH3 is 2. The first kappa shape index (κ1) is 17.9. The fourth-order valence-electron chi connectivity index (χ4n) is 3.74. The topological polar surface area (TPSA) is 59.6 Å². The molecule has 0 aromatic heterocycles. The van der Waals surface area contributed by atoms with Crippen molar-refractivity contribution in [1.29, 1.82) is 0 Å². The SMILES string of the molecule is COc1ccccc1[C@@H]1CC2=C(SCC(=O)N2)[C@@H](c2ccccc2OC)N1. The molecular formula is C21H22N2O3S. The summed E-state index contributed by atoms with van der Waals surface area (Å²) in [6.07, 6.45) is 0.708. The van der Waals surface area contributed by atoms with E-state index in [-0.39, 0.29) is 18.0 Å². The Bertz CT molecular complexity index is 897. The van der Waals surface area contributed by atoms with Crippen LogP contribution < -0.4 is 20.1 Å². The molecule has 0 unspecified atom stereocenters. The standard InChI is InChI=1S/C21H22N2O3S/c1-25-17-9-5-3-7-13(17)15-11-16-21(27-12-19(24)22-16)20(23-15)14-8-4-6-10-18(14)26-2/h3-10,15,20,23H,11-12H2,1-2H3,(H,22,24)/t15-,20+/m0/s1. The summed E-state index contributed by atoms with van der Waals surface area (Å²) in [6.45, 7) is 0. The summed E-state index contributed by atoms with van der Waals surface area (Å²) in [5.41, 5.74) is 3.13. The summed E-state index contributed by atoms with van der Waals surface area (Å²) in [7, 11) is 3.37. The molecule has 6 heteroatoms. The average molecular weight is 382 g/mol. The molecule has 2 aliphatic heterocycles. The lowest BCUT2D eigenvalue weighted by Gasteiger charge is -2.38. The zero-order valence-corrected chi connectivity index (χ0v) is 16.1. The van der Waals surface area contributed by atoms with E-state index in [1.807, 2.05) is 36.4 Å². The van der Waals surface area contributed by atoms with Gasteiger partial charge in [0.25, 0.3) is 0 Å². The largest absolute Gasteiger partial charge is 0.496 e. The third kappa shape index (κ3) is 3.42. The maximum atomic E-state index is 12.0. The van der Waals surface area contributed by atoms with Crippen LogP contribution >= 0.6 is 11.8 Å². The minimum atomic E-state index is -0.0505. The fourth-order valence-corrected chi connectivity index (χ4v) is 4.76. The second-order valence-corrected chi connectivity index (χ2v) is 7.54. The van der Waals surface area contributed by atoms with Crippen LogP contribution in [0.15, 0.2) is 59.1 Å². The highest BCUT2D eigenvalue weighted by Gasteiger charge is 2.36. The quantitative estimate of drug-likeness (QED) is 0.847. The highest BCUT2D eigenvalue weighted by Crippen LogP contribution is 2.46. The van der Waals surface area contributed by atoms with Gasteiger partial charge in [-0.05, 0) is 12.1 Å². The van der Waals surface area contributed by atoms with E-state index in [4.69, 9.17) is 9.47 Å². The van der Waals surface area contributed by atoms with Crippen molar-refractivity contribution in [2.45, 2.75) is 18.5 Å². The first-order valence-electron chi connectivity index (χ1n) is 8.89. The normalized spacial score (nSPS) is 22.1. The van der Waals surface area contributed by atoms with Gasteiger partial charge in [-0.3, -0.25) is 10.1 Å². The van der Waals surface area contributed by atoms with E-state index in [9.17, 15) is 4.79 Å². The molecule has 0 radical (unpaired) electrons. The Kier molecular flexibility index (Phi) is 5.09. The number of carbonyl (C=O) groups excluding carboxylic acids is 1. The molecule has 27 heavy (non-hydrogen) atoms. The maximum absolute atomic E-state index is 12.0. The number of carbonyl (C=O) groups is 1. The molecule has 2 aromatic rings. The molecule has 0 saturated heterocycles. The lowest BCUT2D eigenvalue weighted by atomic mass is 9.92. The lowest BCUT2D eigenvalue weighted by Crippen LogP contribution is -2.40. The Morgan fingerprint density at radius 2 is 1.59 bits per heavy atom. The summed E-state index contributed by atoms with van der Waals surface area (Å²) < 4.78 is 11.2. The molecule has 2 N–H and O–H groups in total. The Morgan fingerprint density at radius 3 is 2.30 bits per heavy atom. The van der Waals surface area contributed by atoms with E-state index in [1.165, 1.54) is 0 Å². The number of benzene rings is 2. The van der Waals surface area contributed by atoms with Crippen molar-refractivity contribution in [3.8, 4) is 11.5 Å². The zero-order valence-electron chi connectivity index (χ0n) is 15.3. The van der Waals surface area contributed by atoms with Gasteiger partial charge in [-0.15, -0.1) is 11.8 Å². The van der Waals surface area contributed by atoms with Crippen molar-refractivity contribution < 1.29 is 14.3 Å². The van der Waals surface area contributed by atoms with Gasteiger partial charge in [-0.1, -0.05) is 36.4 Å². The van der Waals surface area contributed by atoms with Gasteiger partial charge in [0.05, 0.1) is 26.0 Å². The van der Waals surface area contributed by atoms with Crippen molar-refractivity contribution in [2.75, 3.05) is 20.0 Å². The molecule has 4 rings (SSSR count). The number of ether oxygens (including phenoxy) is 2. The van der Waals surface area contributed by atoms with Crippen LogP contribution in [0.25, 0.3) is 0 Å². The predicted molar refractivity (Wildman–Crippen MR) is 107 cm³/mol. The number of rotatable bonds is 4. The third-order valence-electron chi connectivity index (χ3n) is 4.95. The summed E-state index contributed by atoms with van der Waals surface area (Å²) in [6, 6.07) is 16.0. The number of hydrogen-bond acceptors (Lipinski definition) is 5. The van der Waals surface area contributed by atoms with Crippen molar-refractivity contribution in [2.24, 2.45) is 0 Å². The van der Waals surface area contributed by atoms with E-state index in [0.29, 0.717) is 12.2 Å². The van der Waals surface area contributed by atoms with Crippen LogP contribution in [-0.2, 0) is 4.79 Å². The van der Waals surface area contributed by atoms with Crippen LogP contribution in [0.5, 0.6) is 11.5 Å². The number of nitrogens with one attached hydrogen (secondary N) is 2. The van der Waals surface area contributed by atoms with Gasteiger partial charge in [-0.2, -0.15) is 0 Å². The minimum absolute atomic E-state index is 0.0220. The van der Waals surface area contributed by atoms with Gasteiger partial charge in [-0.25, -0.2) is 0 Å². The van der Waals surface area contributed by atoms with Crippen molar-refractivity contribution >= 4 is 17.7 Å². The maximum Gasteiger partial charge on any atom is 0.234 e. The lowest BCUT2D eigenvalue weighted by molar-refractivity contribution is -0.118. The van der Waals surface area contributed by atoms with Gasteiger partial charge < -0.3 is 14.8 Å². The number of hydrogen-bond donors (Lipinski definition) is 2. The van der Waals surface area contributed by atoms with Crippen LogP contribution in [-0.4, -0.2) is 25.9 Å². The number of thioether (sulfide) groups is 1. The Labute approximate surface area is 163 Å². The van der Waals surface area contributed by atoms with E-state index in [2.05, 4.69) is 22.8 Å². The zero-order chi connectivity index (χ0) is 18.8. The molecular weight excluding hydrogens is 360 g/mol. The van der Waals surface area contributed by atoms with Crippen molar-refractivity contribution in [3.63, 3.8) is 0 Å². The molecule has 5 nitrogen and oxygen atoms in total. The minimum Gasteiger partial charge on any atom is -0.496 e. The van der Waals surface area contributed by atoms with Gasteiger partial charge in [0.15, 0.2) is 0 Å². The van der Waals surface area contributed by atoms with Gasteiger partial charge in [0.1, 0.15) is 11.5 Å². The fraction of sp³-hybridized carbons (Fsp3) is 0.286. The number of amides is 1. The summed E-state index contributed by atoms with van der Waals surface area (Å²) in [5.74, 6) is 2.16. The second-order valence-electron chi connectivity index (χ2n) is 6.52. The van der Waals surface area contributed by atoms with Gasteiger partial charge in [0, 0.05) is 34.2 Å². The second kappa shape index (κ2) is 7.66. The molecule has 2 atom stereocenters. The molecule has 0 bridgehead atoms.